The first-order chi connectivity index (χ1) is 13.3. The van der Waals surface area contributed by atoms with Crippen LogP contribution in [0.1, 0.15) is 49.9 Å². The van der Waals surface area contributed by atoms with E-state index in [-0.39, 0.29) is 17.5 Å². The summed E-state index contributed by atoms with van der Waals surface area (Å²) in [5.74, 6) is 1.54. The number of ether oxygens (including phenoxy) is 2. The molecule has 2 aromatic carbocycles. The molecule has 2 aliphatic heterocycles. The zero-order valence-electron chi connectivity index (χ0n) is 16.0. The summed E-state index contributed by atoms with van der Waals surface area (Å²) in [6, 6.07) is 20.8. The summed E-state index contributed by atoms with van der Waals surface area (Å²) in [6.45, 7) is 5.48. The van der Waals surface area contributed by atoms with E-state index >= 15 is 0 Å². The first-order valence-electron chi connectivity index (χ1n) is 9.79. The largest absolute Gasteiger partial charge is 0.478 e. The third-order valence-electron chi connectivity index (χ3n) is 5.70. The average molecular weight is 362 g/mol. The van der Waals surface area contributed by atoms with Crippen LogP contribution in [0.15, 0.2) is 70.6 Å². The Balaban J connectivity index is 1.64. The molecule has 0 radical (unpaired) electrons. The van der Waals surface area contributed by atoms with E-state index in [0.29, 0.717) is 13.2 Å². The Morgan fingerprint density at radius 2 is 1.15 bits per heavy atom. The Morgan fingerprint density at radius 1 is 0.741 bits per heavy atom. The summed E-state index contributed by atoms with van der Waals surface area (Å²) in [4.78, 5) is 9.90. The lowest BCUT2D eigenvalue weighted by Gasteiger charge is -2.29. The minimum atomic E-state index is -0.382. The molecule has 0 saturated heterocycles. The molecule has 0 saturated carbocycles. The Morgan fingerprint density at radius 3 is 1.52 bits per heavy atom. The van der Waals surface area contributed by atoms with Crippen molar-refractivity contribution in [1.29, 1.82) is 0 Å². The third kappa shape index (κ3) is 3.25. The average Bonchev–Trinajstić information content (AvgIpc) is 3.42. The third-order valence-corrected chi connectivity index (χ3v) is 5.70. The van der Waals surface area contributed by atoms with Crippen molar-refractivity contribution < 1.29 is 9.47 Å². The number of nitrogens with zero attached hydrogens (tertiary/aromatic N) is 2. The molecule has 27 heavy (non-hydrogen) atoms. The number of hydrogen-bond acceptors (Lipinski definition) is 4. The molecule has 2 aliphatic rings. The standard InChI is InChI=1S/C23H26N2O2/c1-3-23(4-2,21-24-19(15-26-21)17-11-7-5-8-12-17)22-25-20(16-27-22)18-13-9-6-10-14-18/h5-14,19-20H,3-4,15-16H2,1-2H3/t19-,20-/m0/s1. The van der Waals surface area contributed by atoms with Crippen LogP contribution in [0.3, 0.4) is 0 Å². The maximum absolute atomic E-state index is 6.11. The minimum absolute atomic E-state index is 0.0469. The topological polar surface area (TPSA) is 43.2 Å². The van der Waals surface area contributed by atoms with Gasteiger partial charge in [0.1, 0.15) is 30.7 Å². The maximum Gasteiger partial charge on any atom is 0.199 e. The molecule has 0 fully saturated rings. The molecule has 0 aliphatic carbocycles. The second-order valence-corrected chi connectivity index (χ2v) is 7.13. The van der Waals surface area contributed by atoms with Crippen LogP contribution in [0, 0.1) is 5.41 Å². The molecule has 0 bridgehead atoms. The highest BCUT2D eigenvalue weighted by atomic mass is 16.5. The molecule has 0 aromatic heterocycles. The summed E-state index contributed by atoms with van der Waals surface area (Å²) < 4.78 is 12.2. The predicted octanol–water partition coefficient (Wildman–Crippen LogP) is 5.13. The number of aliphatic imine (C=N–C) groups is 2. The summed E-state index contributed by atoms with van der Waals surface area (Å²) in [7, 11) is 0. The molecule has 0 N–H and O–H groups in total. The van der Waals surface area contributed by atoms with Crippen molar-refractivity contribution in [3.05, 3.63) is 71.8 Å². The molecule has 4 heteroatoms. The van der Waals surface area contributed by atoms with Gasteiger partial charge in [-0.25, -0.2) is 9.98 Å². The molecule has 2 atom stereocenters. The lowest BCUT2D eigenvalue weighted by molar-refractivity contribution is 0.245. The zero-order valence-corrected chi connectivity index (χ0v) is 16.0. The summed E-state index contributed by atoms with van der Waals surface area (Å²) in [5.41, 5.74) is 1.99. The zero-order chi connectivity index (χ0) is 18.7. The fourth-order valence-electron chi connectivity index (χ4n) is 3.91. The first-order valence-corrected chi connectivity index (χ1v) is 9.79. The number of rotatable bonds is 6. The molecular weight excluding hydrogens is 336 g/mol. The highest BCUT2D eigenvalue weighted by Gasteiger charge is 2.46. The SMILES string of the molecule is CCC(CC)(C1=N[C@H](c2ccccc2)CO1)C1=N[C@H](c2ccccc2)CO1. The number of benzene rings is 2. The van der Waals surface area contributed by atoms with Crippen LogP contribution in [0.4, 0.5) is 0 Å². The van der Waals surface area contributed by atoms with E-state index in [4.69, 9.17) is 19.5 Å². The van der Waals surface area contributed by atoms with Crippen molar-refractivity contribution in [2.45, 2.75) is 38.8 Å². The molecular formula is C23H26N2O2. The van der Waals surface area contributed by atoms with Gasteiger partial charge < -0.3 is 9.47 Å². The Hall–Kier alpha value is -2.62. The van der Waals surface area contributed by atoms with Gasteiger partial charge in [0, 0.05) is 0 Å². The van der Waals surface area contributed by atoms with Crippen LogP contribution in [-0.2, 0) is 9.47 Å². The summed E-state index contributed by atoms with van der Waals surface area (Å²) >= 11 is 0. The predicted molar refractivity (Wildman–Crippen MR) is 108 cm³/mol. The molecule has 4 nitrogen and oxygen atoms in total. The highest BCUT2D eigenvalue weighted by molar-refractivity contribution is 6.06. The second-order valence-electron chi connectivity index (χ2n) is 7.13. The maximum atomic E-state index is 6.11. The van der Waals surface area contributed by atoms with Crippen LogP contribution in [0.25, 0.3) is 0 Å². The monoisotopic (exact) mass is 362 g/mol. The first kappa shape index (κ1) is 17.8. The molecule has 2 aromatic rings. The van der Waals surface area contributed by atoms with Gasteiger partial charge in [-0.3, -0.25) is 0 Å². The van der Waals surface area contributed by atoms with Gasteiger partial charge in [0.2, 0.25) is 0 Å². The van der Waals surface area contributed by atoms with Crippen molar-refractivity contribution in [1.82, 2.24) is 0 Å². The van der Waals surface area contributed by atoms with E-state index < -0.39 is 0 Å². The van der Waals surface area contributed by atoms with Crippen LogP contribution in [0.2, 0.25) is 0 Å². The fourth-order valence-corrected chi connectivity index (χ4v) is 3.91. The van der Waals surface area contributed by atoms with Crippen LogP contribution >= 0.6 is 0 Å². The minimum Gasteiger partial charge on any atom is -0.478 e. The van der Waals surface area contributed by atoms with E-state index in [2.05, 4.69) is 38.1 Å². The van der Waals surface area contributed by atoms with Gasteiger partial charge >= 0.3 is 0 Å². The normalized spacial score (nSPS) is 22.0. The van der Waals surface area contributed by atoms with Gasteiger partial charge in [-0.15, -0.1) is 0 Å². The highest BCUT2D eigenvalue weighted by Crippen LogP contribution is 2.40. The van der Waals surface area contributed by atoms with E-state index in [0.717, 1.165) is 24.6 Å². The lowest BCUT2D eigenvalue weighted by atomic mass is 9.81. The molecule has 0 amide bonds. The van der Waals surface area contributed by atoms with Gasteiger partial charge in [-0.2, -0.15) is 0 Å². The lowest BCUT2D eigenvalue weighted by Crippen LogP contribution is -2.39. The van der Waals surface area contributed by atoms with Crippen molar-refractivity contribution in [3.8, 4) is 0 Å². The van der Waals surface area contributed by atoms with Crippen molar-refractivity contribution in [2.75, 3.05) is 13.2 Å². The molecule has 2 heterocycles. The van der Waals surface area contributed by atoms with Gasteiger partial charge in [-0.05, 0) is 24.0 Å². The van der Waals surface area contributed by atoms with Gasteiger partial charge in [0.25, 0.3) is 0 Å². The summed E-state index contributed by atoms with van der Waals surface area (Å²) in [5, 5.41) is 0. The molecule has 140 valence electrons. The number of hydrogen-bond donors (Lipinski definition) is 0. The van der Waals surface area contributed by atoms with Crippen molar-refractivity contribution >= 4 is 11.8 Å². The van der Waals surface area contributed by atoms with Crippen molar-refractivity contribution in [3.63, 3.8) is 0 Å². The van der Waals surface area contributed by atoms with Crippen LogP contribution in [-0.4, -0.2) is 25.0 Å². The molecule has 0 spiro atoms. The molecule has 4 rings (SSSR count). The Kier molecular flexibility index (Phi) is 4.97. The molecule has 0 unspecified atom stereocenters. The van der Waals surface area contributed by atoms with Gasteiger partial charge in [0.05, 0.1) is 0 Å². The fraction of sp³-hybridized carbons (Fsp3) is 0.391. The summed E-state index contributed by atoms with van der Waals surface area (Å²) in [6.07, 6.45) is 1.70. The second kappa shape index (κ2) is 7.55. The van der Waals surface area contributed by atoms with Crippen LogP contribution in [0.5, 0.6) is 0 Å². The van der Waals surface area contributed by atoms with E-state index in [9.17, 15) is 0 Å². The van der Waals surface area contributed by atoms with Crippen LogP contribution < -0.4 is 0 Å². The van der Waals surface area contributed by atoms with E-state index in [1.165, 1.54) is 11.1 Å². The van der Waals surface area contributed by atoms with Gasteiger partial charge in [0.15, 0.2) is 11.8 Å². The van der Waals surface area contributed by atoms with Gasteiger partial charge in [-0.1, -0.05) is 74.5 Å². The van der Waals surface area contributed by atoms with E-state index in [1.54, 1.807) is 0 Å². The Labute approximate surface area is 161 Å². The van der Waals surface area contributed by atoms with Crippen molar-refractivity contribution in [2.24, 2.45) is 15.4 Å². The Bertz CT molecular complexity index is 758. The quantitative estimate of drug-likeness (QED) is 0.715. The van der Waals surface area contributed by atoms with E-state index in [1.807, 2.05) is 36.4 Å². The smallest absolute Gasteiger partial charge is 0.199 e.